The molecule has 0 saturated carbocycles. The maximum atomic E-state index is 13.3. The quantitative estimate of drug-likeness (QED) is 0.682. The lowest BCUT2D eigenvalue weighted by Crippen LogP contribution is -2.38. The van der Waals surface area contributed by atoms with Crippen molar-refractivity contribution in [3.8, 4) is 11.6 Å². The minimum Gasteiger partial charge on any atom is -0.438 e. The SMILES string of the molecule is NS(=O)(=O)c1cccc(Oc2nc(NC3CCCNC3)ncc2C(F)(F)F)c1. The van der Waals surface area contributed by atoms with Crippen LogP contribution in [-0.2, 0) is 16.2 Å². The number of halogens is 3. The molecule has 3 rings (SSSR count). The Morgan fingerprint density at radius 3 is 2.75 bits per heavy atom. The van der Waals surface area contributed by atoms with Crippen LogP contribution < -0.4 is 20.5 Å². The molecule has 2 heterocycles. The van der Waals surface area contributed by atoms with Gasteiger partial charge in [0.2, 0.25) is 21.9 Å². The monoisotopic (exact) mass is 417 g/mol. The third-order valence-electron chi connectivity index (χ3n) is 4.04. The fourth-order valence-corrected chi connectivity index (χ4v) is 3.24. The van der Waals surface area contributed by atoms with Gasteiger partial charge in [-0.2, -0.15) is 18.2 Å². The molecule has 12 heteroatoms. The lowest BCUT2D eigenvalue weighted by molar-refractivity contribution is -0.139. The summed E-state index contributed by atoms with van der Waals surface area (Å²) in [4.78, 5) is 7.29. The van der Waals surface area contributed by atoms with E-state index in [-0.39, 0.29) is 22.6 Å². The highest BCUT2D eigenvalue weighted by molar-refractivity contribution is 7.89. The van der Waals surface area contributed by atoms with Crippen LogP contribution in [0.25, 0.3) is 0 Å². The van der Waals surface area contributed by atoms with E-state index in [0.717, 1.165) is 25.5 Å². The van der Waals surface area contributed by atoms with Crippen molar-refractivity contribution in [2.45, 2.75) is 30.0 Å². The molecule has 152 valence electrons. The van der Waals surface area contributed by atoms with Gasteiger partial charge >= 0.3 is 6.18 Å². The lowest BCUT2D eigenvalue weighted by Gasteiger charge is -2.24. The molecule has 0 radical (unpaired) electrons. The molecule has 4 N–H and O–H groups in total. The molecule has 8 nitrogen and oxygen atoms in total. The van der Waals surface area contributed by atoms with Gasteiger partial charge in [-0.1, -0.05) is 6.07 Å². The molecule has 1 unspecified atom stereocenters. The molecular formula is C16H18F3N5O3S. The highest BCUT2D eigenvalue weighted by atomic mass is 32.2. The van der Waals surface area contributed by atoms with Crippen LogP contribution in [0.1, 0.15) is 18.4 Å². The predicted octanol–water partition coefficient (Wildman–Crippen LogP) is 2.10. The Hall–Kier alpha value is -2.44. The standard InChI is InChI=1S/C16H18F3N5O3S/c17-16(18,19)13-9-22-15(23-10-3-2-6-21-8-10)24-14(13)27-11-4-1-5-12(7-11)28(20,25)26/h1,4-5,7,9-10,21H,2-3,6,8H2,(H2,20,25,26)(H,22,23,24). The molecule has 1 saturated heterocycles. The van der Waals surface area contributed by atoms with Crippen molar-refractivity contribution in [3.63, 3.8) is 0 Å². The first-order valence-corrected chi connectivity index (χ1v) is 9.90. The maximum absolute atomic E-state index is 13.3. The number of benzene rings is 1. The number of nitrogens with zero attached hydrogens (tertiary/aromatic N) is 2. The third kappa shape index (κ3) is 5.09. The number of primary sulfonamides is 1. The number of alkyl halides is 3. The van der Waals surface area contributed by atoms with Crippen molar-refractivity contribution in [3.05, 3.63) is 36.0 Å². The molecule has 2 aromatic rings. The fraction of sp³-hybridized carbons (Fsp3) is 0.375. The van der Waals surface area contributed by atoms with Crippen LogP contribution in [0.4, 0.5) is 19.1 Å². The van der Waals surface area contributed by atoms with E-state index in [4.69, 9.17) is 9.88 Å². The number of rotatable bonds is 5. The number of nitrogens with two attached hydrogens (primary N) is 1. The average Bonchev–Trinajstić information content (AvgIpc) is 2.61. The number of hydrogen-bond acceptors (Lipinski definition) is 7. The van der Waals surface area contributed by atoms with Crippen molar-refractivity contribution >= 4 is 16.0 Å². The lowest BCUT2D eigenvalue weighted by atomic mass is 10.1. The number of ether oxygens (including phenoxy) is 1. The van der Waals surface area contributed by atoms with Gasteiger partial charge < -0.3 is 15.4 Å². The summed E-state index contributed by atoms with van der Waals surface area (Å²) in [5, 5.41) is 11.2. The van der Waals surface area contributed by atoms with Gasteiger partial charge in [0, 0.05) is 24.8 Å². The molecule has 0 bridgehead atoms. The summed E-state index contributed by atoms with van der Waals surface area (Å²) in [5.74, 6) is -0.902. The zero-order valence-electron chi connectivity index (χ0n) is 14.5. The highest BCUT2D eigenvalue weighted by Gasteiger charge is 2.36. The Bertz CT molecular complexity index is 947. The van der Waals surface area contributed by atoms with Crippen molar-refractivity contribution in [1.29, 1.82) is 0 Å². The fourth-order valence-electron chi connectivity index (χ4n) is 2.69. The number of anilines is 1. The first-order valence-electron chi connectivity index (χ1n) is 8.35. The van der Waals surface area contributed by atoms with Crippen LogP contribution in [0.2, 0.25) is 0 Å². The van der Waals surface area contributed by atoms with E-state index in [9.17, 15) is 21.6 Å². The van der Waals surface area contributed by atoms with Crippen LogP contribution >= 0.6 is 0 Å². The molecule has 1 aliphatic heterocycles. The van der Waals surface area contributed by atoms with Gasteiger partial charge in [-0.25, -0.2) is 18.5 Å². The van der Waals surface area contributed by atoms with Gasteiger partial charge in [0.05, 0.1) is 4.90 Å². The summed E-state index contributed by atoms with van der Waals surface area (Å²) in [6, 6.07) is 4.81. The first-order chi connectivity index (χ1) is 13.1. The second-order valence-electron chi connectivity index (χ2n) is 6.22. The van der Waals surface area contributed by atoms with Crippen molar-refractivity contribution < 1.29 is 26.3 Å². The van der Waals surface area contributed by atoms with E-state index in [1.165, 1.54) is 18.2 Å². The summed E-state index contributed by atoms with van der Waals surface area (Å²) in [5.41, 5.74) is -1.18. The summed E-state index contributed by atoms with van der Waals surface area (Å²) in [7, 11) is -4.04. The summed E-state index contributed by atoms with van der Waals surface area (Å²) < 4.78 is 68.0. The van der Waals surface area contributed by atoms with E-state index in [1.54, 1.807) is 0 Å². The Labute approximate surface area is 159 Å². The molecule has 28 heavy (non-hydrogen) atoms. The van der Waals surface area contributed by atoms with Crippen molar-refractivity contribution in [2.24, 2.45) is 5.14 Å². The van der Waals surface area contributed by atoms with Crippen molar-refractivity contribution in [1.82, 2.24) is 15.3 Å². The van der Waals surface area contributed by atoms with Gasteiger partial charge in [0.1, 0.15) is 11.3 Å². The van der Waals surface area contributed by atoms with Crippen LogP contribution in [0.3, 0.4) is 0 Å². The number of hydrogen-bond donors (Lipinski definition) is 3. The van der Waals surface area contributed by atoms with E-state index in [2.05, 4.69) is 20.6 Å². The maximum Gasteiger partial charge on any atom is 0.423 e. The Kier molecular flexibility index (Phi) is 5.72. The topological polar surface area (TPSA) is 119 Å². The normalized spacial score (nSPS) is 17.9. The second kappa shape index (κ2) is 7.89. The predicted molar refractivity (Wildman–Crippen MR) is 94.4 cm³/mol. The van der Waals surface area contributed by atoms with Gasteiger partial charge in [-0.05, 0) is 31.5 Å². The molecule has 0 aliphatic carbocycles. The molecule has 1 aromatic carbocycles. The van der Waals surface area contributed by atoms with E-state index < -0.39 is 27.6 Å². The van der Waals surface area contributed by atoms with Crippen LogP contribution in [-0.4, -0.2) is 37.5 Å². The zero-order valence-corrected chi connectivity index (χ0v) is 15.3. The Morgan fingerprint density at radius 1 is 1.32 bits per heavy atom. The van der Waals surface area contributed by atoms with Crippen LogP contribution in [0.15, 0.2) is 35.4 Å². The number of nitrogens with one attached hydrogen (secondary N) is 2. The van der Waals surface area contributed by atoms with Gasteiger partial charge in [-0.3, -0.25) is 0 Å². The zero-order chi connectivity index (χ0) is 20.4. The molecule has 0 spiro atoms. The minimum absolute atomic E-state index is 0.0145. The van der Waals surface area contributed by atoms with Crippen LogP contribution in [0, 0.1) is 0 Å². The van der Waals surface area contributed by atoms with Crippen molar-refractivity contribution in [2.75, 3.05) is 18.4 Å². The first kappa shape index (κ1) is 20.3. The van der Waals surface area contributed by atoms with E-state index in [1.807, 2.05) is 0 Å². The summed E-state index contributed by atoms with van der Waals surface area (Å²) in [6.07, 6.45) is -2.38. The summed E-state index contributed by atoms with van der Waals surface area (Å²) in [6.45, 7) is 1.51. The molecule has 0 amide bonds. The minimum atomic E-state index is -4.75. The second-order valence-corrected chi connectivity index (χ2v) is 7.78. The highest BCUT2D eigenvalue weighted by Crippen LogP contribution is 2.37. The average molecular weight is 417 g/mol. The van der Waals surface area contributed by atoms with Crippen LogP contribution in [0.5, 0.6) is 11.6 Å². The molecule has 1 aromatic heterocycles. The largest absolute Gasteiger partial charge is 0.438 e. The van der Waals surface area contributed by atoms with Gasteiger partial charge in [0.15, 0.2) is 0 Å². The van der Waals surface area contributed by atoms with Gasteiger partial charge in [-0.15, -0.1) is 0 Å². The number of aromatic nitrogens is 2. The Morgan fingerprint density at radius 2 is 2.11 bits per heavy atom. The smallest absolute Gasteiger partial charge is 0.423 e. The number of piperidine rings is 1. The summed E-state index contributed by atoms with van der Waals surface area (Å²) >= 11 is 0. The molecule has 1 atom stereocenters. The Balaban J connectivity index is 1.91. The number of sulfonamides is 1. The molecule has 1 fully saturated rings. The van der Waals surface area contributed by atoms with E-state index in [0.29, 0.717) is 12.7 Å². The molecule has 1 aliphatic rings. The third-order valence-corrected chi connectivity index (χ3v) is 4.95. The van der Waals surface area contributed by atoms with E-state index >= 15 is 0 Å². The molecular weight excluding hydrogens is 399 g/mol. The van der Waals surface area contributed by atoms with Gasteiger partial charge in [0.25, 0.3) is 0 Å².